The number of nitrogens with one attached hydrogen (secondary N) is 2. The molecule has 230 valence electrons. The van der Waals surface area contributed by atoms with Gasteiger partial charge in [0.05, 0.1) is 20.3 Å². The van der Waals surface area contributed by atoms with Crippen molar-refractivity contribution in [2.75, 3.05) is 13.7 Å². The van der Waals surface area contributed by atoms with Crippen LogP contribution < -0.4 is 25.8 Å². The van der Waals surface area contributed by atoms with Crippen LogP contribution in [-0.4, -0.2) is 49.1 Å². The molecule has 11 nitrogen and oxygen atoms in total. The van der Waals surface area contributed by atoms with Crippen LogP contribution in [0.1, 0.15) is 47.6 Å². The molecular formula is C28H28F4N4O7. The molecule has 2 amide bonds. The number of halogens is 4. The predicted molar refractivity (Wildman–Crippen MR) is 141 cm³/mol. The number of hydrogen-bond acceptors (Lipinski definition) is 9. The normalized spacial score (nSPS) is 14.1. The molecule has 0 aliphatic heterocycles. The van der Waals surface area contributed by atoms with Gasteiger partial charge < -0.3 is 35.0 Å². The summed E-state index contributed by atoms with van der Waals surface area (Å²) < 4.78 is 74.6. The highest BCUT2D eigenvalue weighted by Gasteiger charge is 2.31. The number of alkyl halides is 2. The van der Waals surface area contributed by atoms with E-state index in [4.69, 9.17) is 14.9 Å². The molecule has 3 aromatic rings. The first kappa shape index (κ1) is 31.3. The quantitative estimate of drug-likeness (QED) is 0.195. The Morgan fingerprint density at radius 2 is 1.84 bits per heavy atom. The van der Waals surface area contributed by atoms with Crippen molar-refractivity contribution in [2.24, 2.45) is 11.7 Å². The van der Waals surface area contributed by atoms with Crippen LogP contribution in [-0.2, 0) is 20.9 Å². The lowest BCUT2D eigenvalue weighted by Crippen LogP contribution is -2.46. The van der Waals surface area contributed by atoms with Gasteiger partial charge in [-0.1, -0.05) is 6.07 Å². The number of methoxy groups -OCH3 is 1. The minimum Gasteiger partial charge on any atom is -0.489 e. The molecule has 2 unspecified atom stereocenters. The van der Waals surface area contributed by atoms with Gasteiger partial charge in [-0.25, -0.2) is 18.6 Å². The number of benzene rings is 2. The third kappa shape index (κ3) is 7.80. The third-order valence-electron chi connectivity index (χ3n) is 6.40. The van der Waals surface area contributed by atoms with Gasteiger partial charge in [0.15, 0.2) is 23.0 Å². The summed E-state index contributed by atoms with van der Waals surface area (Å²) in [6, 6.07) is 3.39. The molecule has 4 N–H and O–H groups in total. The van der Waals surface area contributed by atoms with E-state index in [2.05, 4.69) is 25.1 Å². The average molecular weight is 609 g/mol. The fourth-order valence-electron chi connectivity index (χ4n) is 3.98. The van der Waals surface area contributed by atoms with Crippen molar-refractivity contribution in [2.45, 2.75) is 45.0 Å². The number of hydrogen-bond donors (Lipinski definition) is 3. The van der Waals surface area contributed by atoms with Gasteiger partial charge >= 0.3 is 12.6 Å². The molecule has 2 atom stereocenters. The fraction of sp³-hybridized carbons (Fsp3) is 0.357. The van der Waals surface area contributed by atoms with Crippen molar-refractivity contribution in [3.05, 3.63) is 65.1 Å². The average Bonchev–Trinajstić information content (AvgIpc) is 3.70. The van der Waals surface area contributed by atoms with Crippen LogP contribution >= 0.6 is 0 Å². The first-order valence-electron chi connectivity index (χ1n) is 13.1. The summed E-state index contributed by atoms with van der Waals surface area (Å²) in [5.41, 5.74) is 5.21. The van der Waals surface area contributed by atoms with Crippen molar-refractivity contribution >= 4 is 17.8 Å². The van der Waals surface area contributed by atoms with Gasteiger partial charge in [-0.15, -0.1) is 0 Å². The zero-order valence-corrected chi connectivity index (χ0v) is 23.0. The smallest absolute Gasteiger partial charge is 0.387 e. The Labute approximate surface area is 242 Å². The van der Waals surface area contributed by atoms with E-state index in [1.165, 1.54) is 25.1 Å². The summed E-state index contributed by atoms with van der Waals surface area (Å²) in [6.07, 6.45) is 1.90. The number of rotatable bonds is 13. The third-order valence-corrected chi connectivity index (χ3v) is 6.40. The monoisotopic (exact) mass is 608 g/mol. The van der Waals surface area contributed by atoms with E-state index >= 15 is 0 Å². The Morgan fingerprint density at radius 1 is 1.09 bits per heavy atom. The lowest BCUT2D eigenvalue weighted by atomic mass is 10.0. The predicted octanol–water partition coefficient (Wildman–Crippen LogP) is 3.62. The number of aromatic nitrogens is 1. The molecule has 0 bridgehead atoms. The van der Waals surface area contributed by atoms with Gasteiger partial charge in [0.2, 0.25) is 11.8 Å². The minimum absolute atomic E-state index is 0.00597. The number of nitrogens with zero attached hydrogens (tertiary/aromatic N) is 1. The molecule has 1 saturated carbocycles. The summed E-state index contributed by atoms with van der Waals surface area (Å²) >= 11 is 0. The van der Waals surface area contributed by atoms with Crippen molar-refractivity contribution in [3.8, 4) is 23.0 Å². The summed E-state index contributed by atoms with van der Waals surface area (Å²) in [4.78, 5) is 42.4. The summed E-state index contributed by atoms with van der Waals surface area (Å²) in [5.74, 6) is -5.07. The highest BCUT2D eigenvalue weighted by molar-refractivity contribution is 5.98. The second-order valence-electron chi connectivity index (χ2n) is 9.62. The van der Waals surface area contributed by atoms with E-state index in [0.717, 1.165) is 32.1 Å². The fourth-order valence-corrected chi connectivity index (χ4v) is 3.98. The van der Waals surface area contributed by atoms with Crippen molar-refractivity contribution in [1.29, 1.82) is 0 Å². The number of nitrogens with two attached hydrogens (primary N) is 1. The lowest BCUT2D eigenvalue weighted by Gasteiger charge is -2.21. The van der Waals surface area contributed by atoms with Gasteiger partial charge in [0.1, 0.15) is 23.7 Å². The minimum atomic E-state index is -3.10. The number of esters is 1. The Hall–Kier alpha value is -4.66. The van der Waals surface area contributed by atoms with Crippen molar-refractivity contribution < 1.29 is 50.6 Å². The van der Waals surface area contributed by atoms with Crippen LogP contribution in [0.25, 0.3) is 11.5 Å². The van der Waals surface area contributed by atoms with E-state index < -0.39 is 53.7 Å². The molecule has 2 aromatic carbocycles. The maximum absolute atomic E-state index is 14.7. The van der Waals surface area contributed by atoms with E-state index in [-0.39, 0.29) is 47.6 Å². The summed E-state index contributed by atoms with van der Waals surface area (Å²) in [5, 5.41) is 4.62. The molecule has 0 radical (unpaired) electrons. The van der Waals surface area contributed by atoms with Gasteiger partial charge in [-0.3, -0.25) is 9.59 Å². The zero-order valence-electron chi connectivity index (χ0n) is 23.0. The van der Waals surface area contributed by atoms with Crippen LogP contribution in [0.3, 0.4) is 0 Å². The standard InChI is InChI=1S/C28H28F4N4O7/c1-13(27(39)40-2)34-24(37)22(17-7-6-16(29)10-18(17)30)35-25(38)23-21(11-33)42-26(36-23)15-5-8-19(43-28(31)32)20(9-15)41-12-14-3-4-14/h5-10,13-14,22,28H,3-4,11-12,33H2,1-2H3,(H,34,37)(H,35,38). The topological polar surface area (TPSA) is 155 Å². The highest BCUT2D eigenvalue weighted by atomic mass is 19.3. The molecule has 1 aromatic heterocycles. The number of amides is 2. The molecule has 0 spiro atoms. The number of oxazole rings is 1. The lowest BCUT2D eigenvalue weighted by molar-refractivity contribution is -0.144. The Bertz CT molecular complexity index is 1500. The highest BCUT2D eigenvalue weighted by Crippen LogP contribution is 2.36. The van der Waals surface area contributed by atoms with Gasteiger partial charge in [0.25, 0.3) is 5.91 Å². The first-order valence-corrected chi connectivity index (χ1v) is 13.1. The Kier molecular flexibility index (Phi) is 9.85. The van der Waals surface area contributed by atoms with Gasteiger partial charge in [-0.05, 0) is 49.9 Å². The van der Waals surface area contributed by atoms with E-state index in [1.54, 1.807) is 0 Å². The number of carbonyl (C=O) groups is 3. The van der Waals surface area contributed by atoms with E-state index in [1.807, 2.05) is 0 Å². The maximum atomic E-state index is 14.7. The molecular weight excluding hydrogens is 580 g/mol. The van der Waals surface area contributed by atoms with Gasteiger partial charge in [-0.2, -0.15) is 8.78 Å². The first-order chi connectivity index (χ1) is 20.5. The largest absolute Gasteiger partial charge is 0.489 e. The molecule has 1 aliphatic rings. The molecule has 1 aliphatic carbocycles. The van der Waals surface area contributed by atoms with Crippen molar-refractivity contribution in [3.63, 3.8) is 0 Å². The van der Waals surface area contributed by atoms with Crippen LogP contribution in [0.4, 0.5) is 17.6 Å². The summed E-state index contributed by atoms with van der Waals surface area (Å²) in [7, 11) is 1.10. The zero-order chi connectivity index (χ0) is 31.3. The SMILES string of the molecule is COC(=O)C(C)NC(=O)C(NC(=O)c1nc(-c2ccc(OC(F)F)c(OCC3CC3)c2)oc1CN)c1ccc(F)cc1F. The molecule has 1 heterocycles. The molecule has 0 saturated heterocycles. The van der Waals surface area contributed by atoms with E-state index in [0.29, 0.717) is 12.0 Å². The Morgan fingerprint density at radius 3 is 2.47 bits per heavy atom. The summed E-state index contributed by atoms with van der Waals surface area (Å²) in [6.45, 7) is -1.83. The molecule has 15 heteroatoms. The number of carbonyl (C=O) groups excluding carboxylic acids is 3. The van der Waals surface area contributed by atoms with Gasteiger partial charge in [0, 0.05) is 17.2 Å². The molecule has 1 fully saturated rings. The van der Waals surface area contributed by atoms with Crippen LogP contribution in [0.5, 0.6) is 11.5 Å². The molecule has 43 heavy (non-hydrogen) atoms. The molecule has 4 rings (SSSR count). The van der Waals surface area contributed by atoms with Crippen LogP contribution in [0.15, 0.2) is 40.8 Å². The van der Waals surface area contributed by atoms with E-state index in [9.17, 15) is 31.9 Å². The number of ether oxygens (including phenoxy) is 3. The second kappa shape index (κ2) is 13.5. The van der Waals surface area contributed by atoms with Crippen LogP contribution in [0, 0.1) is 17.6 Å². The maximum Gasteiger partial charge on any atom is 0.387 e. The van der Waals surface area contributed by atoms with Crippen LogP contribution in [0.2, 0.25) is 0 Å². The van der Waals surface area contributed by atoms with Crippen molar-refractivity contribution in [1.82, 2.24) is 15.6 Å². The Balaban J connectivity index is 1.64. The second-order valence-corrected chi connectivity index (χ2v) is 9.62.